The van der Waals surface area contributed by atoms with E-state index >= 15 is 0 Å². The van der Waals surface area contributed by atoms with Gasteiger partial charge in [0.25, 0.3) is 0 Å². The summed E-state index contributed by atoms with van der Waals surface area (Å²) in [7, 11) is 3.20. The summed E-state index contributed by atoms with van der Waals surface area (Å²) in [6.45, 7) is 9.03. The lowest BCUT2D eigenvalue weighted by Gasteiger charge is -2.45. The highest BCUT2D eigenvalue weighted by atomic mass is 16.6. The van der Waals surface area contributed by atoms with Crippen LogP contribution in [0.2, 0.25) is 0 Å². The highest BCUT2D eigenvalue weighted by Gasteiger charge is 2.37. The summed E-state index contributed by atoms with van der Waals surface area (Å²) < 4.78 is 29.1. The highest BCUT2D eigenvalue weighted by molar-refractivity contribution is 5.73. The lowest BCUT2D eigenvalue weighted by atomic mass is 10.0. The van der Waals surface area contributed by atoms with E-state index in [0.29, 0.717) is 62.1 Å². The molecule has 248 valence electrons. The molecule has 46 heavy (non-hydrogen) atoms. The molecule has 2 aromatic carbocycles. The number of carbonyl (C=O) groups excluding carboxylic acids is 2. The second-order valence-electron chi connectivity index (χ2n) is 12.0. The standard InChI is InChI=1S/C34H45N5O7/c1-25(40)38-15-13-36(14-16-38)17-18-44-34(41)39-23-29-21-37(22-30(24-39)45-29)12-4-5-31(27-8-6-26(20-35)7-9-27)46-28-10-11-32(42-2)33(19-28)43-3/h6-11,19,29-31H,4-5,12-18,21-24H2,1-3H3. The maximum Gasteiger partial charge on any atom is 0.409 e. The van der Waals surface area contributed by atoms with E-state index in [1.807, 2.05) is 47.4 Å². The van der Waals surface area contributed by atoms with E-state index in [-0.39, 0.29) is 30.3 Å². The molecule has 2 aromatic rings. The number of ether oxygens (including phenoxy) is 5. The quantitative estimate of drug-likeness (QED) is 0.344. The van der Waals surface area contributed by atoms with Crippen molar-refractivity contribution in [1.82, 2.24) is 19.6 Å². The van der Waals surface area contributed by atoms with Crippen molar-refractivity contribution in [3.63, 3.8) is 0 Å². The number of carbonyl (C=O) groups is 2. The van der Waals surface area contributed by atoms with Gasteiger partial charge in [0.05, 0.1) is 51.1 Å². The monoisotopic (exact) mass is 635 g/mol. The first kappa shape index (κ1) is 33.3. The Morgan fingerprint density at radius 1 is 0.891 bits per heavy atom. The lowest BCUT2D eigenvalue weighted by Crippen LogP contribution is -2.60. The number of fused-ring (bicyclic) bond motifs is 2. The number of nitriles is 1. The average molecular weight is 636 g/mol. The predicted octanol–water partition coefficient (Wildman–Crippen LogP) is 3.16. The Bertz CT molecular complexity index is 1340. The maximum atomic E-state index is 12.9. The number of methoxy groups -OCH3 is 2. The SMILES string of the molecule is COc1ccc(OC(CCCN2CC3CN(C(=O)OCCN4CCN(C(C)=O)CC4)CC(C2)O3)c2ccc(C#N)cc2)cc1OC. The molecule has 0 N–H and O–H groups in total. The highest BCUT2D eigenvalue weighted by Crippen LogP contribution is 2.34. The van der Waals surface area contributed by atoms with E-state index in [1.54, 1.807) is 26.0 Å². The normalized spacial score (nSPS) is 20.8. The fraction of sp³-hybridized carbons (Fsp3) is 0.559. The molecule has 2 amide bonds. The molecule has 0 saturated carbocycles. The van der Waals surface area contributed by atoms with Gasteiger partial charge in [-0.3, -0.25) is 14.6 Å². The lowest BCUT2D eigenvalue weighted by molar-refractivity contribution is -0.133. The molecule has 5 rings (SSSR count). The van der Waals surface area contributed by atoms with Crippen molar-refractivity contribution in [2.45, 2.75) is 38.1 Å². The number of benzene rings is 2. The molecule has 3 atom stereocenters. The Hall–Kier alpha value is -4.05. The van der Waals surface area contributed by atoms with Gasteiger partial charge in [0.15, 0.2) is 11.5 Å². The largest absolute Gasteiger partial charge is 0.493 e. The summed E-state index contributed by atoms with van der Waals surface area (Å²) >= 11 is 0. The molecule has 3 unspecified atom stereocenters. The van der Waals surface area contributed by atoms with Crippen molar-refractivity contribution in [3.05, 3.63) is 53.6 Å². The topological polar surface area (TPSA) is 117 Å². The first-order valence-electron chi connectivity index (χ1n) is 16.0. The number of hydrogen-bond acceptors (Lipinski definition) is 10. The van der Waals surface area contributed by atoms with Crippen LogP contribution in [0, 0.1) is 11.3 Å². The minimum absolute atomic E-state index is 0.0583. The Balaban J connectivity index is 1.09. The number of nitrogens with zero attached hydrogens (tertiary/aromatic N) is 5. The van der Waals surface area contributed by atoms with E-state index in [9.17, 15) is 14.9 Å². The summed E-state index contributed by atoms with van der Waals surface area (Å²) in [4.78, 5) is 32.7. The fourth-order valence-corrected chi connectivity index (χ4v) is 6.37. The van der Waals surface area contributed by atoms with Crippen LogP contribution in [-0.4, -0.2) is 130 Å². The van der Waals surface area contributed by atoms with Crippen LogP contribution in [0.5, 0.6) is 17.2 Å². The predicted molar refractivity (Wildman–Crippen MR) is 170 cm³/mol. The van der Waals surface area contributed by atoms with Crippen LogP contribution in [0.15, 0.2) is 42.5 Å². The summed E-state index contributed by atoms with van der Waals surface area (Å²) in [5, 5.41) is 9.26. The Labute approximate surface area is 271 Å². The van der Waals surface area contributed by atoms with Gasteiger partial charge in [0.2, 0.25) is 5.91 Å². The zero-order valence-electron chi connectivity index (χ0n) is 27.1. The van der Waals surface area contributed by atoms with Gasteiger partial charge in [-0.1, -0.05) is 12.1 Å². The fourth-order valence-electron chi connectivity index (χ4n) is 6.37. The van der Waals surface area contributed by atoms with Crippen molar-refractivity contribution >= 4 is 12.0 Å². The van der Waals surface area contributed by atoms with Crippen LogP contribution < -0.4 is 14.2 Å². The van der Waals surface area contributed by atoms with Gasteiger partial charge in [-0.15, -0.1) is 0 Å². The first-order chi connectivity index (χ1) is 22.3. The molecule has 0 spiro atoms. The minimum atomic E-state index is -0.285. The molecule has 0 aromatic heterocycles. The smallest absolute Gasteiger partial charge is 0.409 e. The Morgan fingerprint density at radius 3 is 2.22 bits per heavy atom. The van der Waals surface area contributed by atoms with Crippen molar-refractivity contribution < 1.29 is 33.3 Å². The molecule has 0 aliphatic carbocycles. The zero-order valence-corrected chi connectivity index (χ0v) is 27.1. The van der Waals surface area contributed by atoms with Gasteiger partial charge in [-0.2, -0.15) is 5.26 Å². The molecule has 0 radical (unpaired) electrons. The van der Waals surface area contributed by atoms with E-state index < -0.39 is 0 Å². The Morgan fingerprint density at radius 2 is 1.59 bits per heavy atom. The van der Waals surface area contributed by atoms with Crippen molar-refractivity contribution in [2.24, 2.45) is 0 Å². The molecule has 3 saturated heterocycles. The van der Waals surface area contributed by atoms with Crippen LogP contribution in [0.3, 0.4) is 0 Å². The van der Waals surface area contributed by atoms with Gasteiger partial charge in [-0.05, 0) is 49.2 Å². The van der Waals surface area contributed by atoms with E-state index in [1.165, 1.54) is 0 Å². The molecule has 12 nitrogen and oxygen atoms in total. The second-order valence-corrected chi connectivity index (χ2v) is 12.0. The molecule has 3 aliphatic rings. The van der Waals surface area contributed by atoms with Gasteiger partial charge >= 0.3 is 6.09 Å². The van der Waals surface area contributed by atoms with Gasteiger partial charge in [0, 0.05) is 58.8 Å². The van der Waals surface area contributed by atoms with E-state index in [2.05, 4.69) is 15.9 Å². The number of piperazine rings is 1. The summed E-state index contributed by atoms with van der Waals surface area (Å²) in [5.74, 6) is 2.01. The van der Waals surface area contributed by atoms with Gasteiger partial charge in [-0.25, -0.2) is 4.79 Å². The second kappa shape index (κ2) is 16.0. The van der Waals surface area contributed by atoms with E-state index in [0.717, 1.165) is 51.1 Å². The third-order valence-corrected chi connectivity index (χ3v) is 8.85. The van der Waals surface area contributed by atoms with Crippen LogP contribution in [-0.2, 0) is 14.3 Å². The van der Waals surface area contributed by atoms with Crippen molar-refractivity contribution in [1.29, 1.82) is 5.26 Å². The summed E-state index contributed by atoms with van der Waals surface area (Å²) in [6.07, 6.45) is 1.05. The van der Waals surface area contributed by atoms with Crippen molar-refractivity contribution in [2.75, 3.05) is 86.3 Å². The maximum absolute atomic E-state index is 12.9. The number of morpholine rings is 2. The summed E-state index contributed by atoms with van der Waals surface area (Å²) in [6, 6.07) is 15.2. The average Bonchev–Trinajstić information content (AvgIpc) is 3.07. The molecule has 3 aliphatic heterocycles. The van der Waals surface area contributed by atoms with Gasteiger partial charge in [0.1, 0.15) is 18.5 Å². The number of hydrogen-bond donors (Lipinski definition) is 0. The van der Waals surface area contributed by atoms with Crippen LogP contribution >= 0.6 is 0 Å². The van der Waals surface area contributed by atoms with Crippen molar-refractivity contribution in [3.8, 4) is 23.3 Å². The first-order valence-corrected chi connectivity index (χ1v) is 16.0. The van der Waals surface area contributed by atoms with E-state index in [4.69, 9.17) is 23.7 Å². The van der Waals surface area contributed by atoms with Crippen LogP contribution in [0.4, 0.5) is 4.79 Å². The van der Waals surface area contributed by atoms with Gasteiger partial charge < -0.3 is 33.5 Å². The number of amides is 2. The molecule has 2 bridgehead atoms. The molecule has 3 heterocycles. The third kappa shape index (κ3) is 8.81. The molecule has 12 heteroatoms. The van der Waals surface area contributed by atoms with Crippen LogP contribution in [0.25, 0.3) is 0 Å². The molecular weight excluding hydrogens is 590 g/mol. The summed E-state index contributed by atoms with van der Waals surface area (Å²) in [5.41, 5.74) is 1.61. The molecular formula is C34H45N5O7. The molecule has 3 fully saturated rings. The third-order valence-electron chi connectivity index (χ3n) is 8.85. The minimum Gasteiger partial charge on any atom is -0.493 e. The number of rotatable bonds is 12. The van der Waals surface area contributed by atoms with Crippen LogP contribution in [0.1, 0.15) is 37.0 Å². The zero-order chi connectivity index (χ0) is 32.5. The Kier molecular flexibility index (Phi) is 11.6.